The van der Waals surface area contributed by atoms with Crippen LogP contribution in [-0.4, -0.2) is 43.5 Å². The van der Waals surface area contributed by atoms with Crippen LogP contribution in [0.25, 0.3) is 0 Å². The van der Waals surface area contributed by atoms with Crippen LogP contribution in [0.4, 0.5) is 0 Å². The third-order valence-electron chi connectivity index (χ3n) is 3.85. The van der Waals surface area contributed by atoms with E-state index in [1.807, 2.05) is 11.9 Å². The van der Waals surface area contributed by atoms with E-state index in [-0.39, 0.29) is 11.9 Å². The molecule has 2 rings (SSSR count). The van der Waals surface area contributed by atoms with Crippen molar-refractivity contribution in [2.24, 2.45) is 17.6 Å². The van der Waals surface area contributed by atoms with Crippen LogP contribution in [0, 0.1) is 11.8 Å². The number of carbonyl (C=O) groups excluding carboxylic acids is 1. The molecule has 0 aromatic heterocycles. The number of rotatable bonds is 1. The summed E-state index contributed by atoms with van der Waals surface area (Å²) in [5.74, 6) is 1.50. The lowest BCUT2D eigenvalue weighted by atomic mass is 9.77. The molecule has 2 aliphatic heterocycles. The zero-order chi connectivity index (χ0) is 10.8. The molecular formula is C11H21N3O. The Morgan fingerprint density at radius 3 is 2.93 bits per heavy atom. The molecule has 1 amide bonds. The van der Waals surface area contributed by atoms with Crippen molar-refractivity contribution in [3.8, 4) is 0 Å². The molecule has 2 heterocycles. The summed E-state index contributed by atoms with van der Waals surface area (Å²) in [6.45, 7) is 2.91. The molecule has 2 saturated heterocycles. The van der Waals surface area contributed by atoms with Gasteiger partial charge < -0.3 is 16.0 Å². The summed E-state index contributed by atoms with van der Waals surface area (Å²) in [6, 6.07) is 0.269. The summed E-state index contributed by atoms with van der Waals surface area (Å²) >= 11 is 0. The third-order valence-corrected chi connectivity index (χ3v) is 3.85. The maximum atomic E-state index is 11.4. The number of hydrogen-bond acceptors (Lipinski definition) is 3. The van der Waals surface area contributed by atoms with Crippen LogP contribution in [-0.2, 0) is 4.79 Å². The van der Waals surface area contributed by atoms with Crippen molar-refractivity contribution in [3.05, 3.63) is 0 Å². The first-order valence-electron chi connectivity index (χ1n) is 5.88. The molecule has 0 saturated carbocycles. The van der Waals surface area contributed by atoms with E-state index in [4.69, 9.17) is 5.73 Å². The van der Waals surface area contributed by atoms with Gasteiger partial charge in [-0.05, 0) is 31.2 Å². The molecule has 0 aliphatic carbocycles. The summed E-state index contributed by atoms with van der Waals surface area (Å²) in [6.07, 6.45) is 2.90. The molecule has 4 nitrogen and oxygen atoms in total. The number of carbonyl (C=O) groups is 1. The topological polar surface area (TPSA) is 58.4 Å². The average molecular weight is 211 g/mol. The Hall–Kier alpha value is -0.610. The van der Waals surface area contributed by atoms with Crippen LogP contribution in [0.1, 0.15) is 19.3 Å². The fourth-order valence-corrected chi connectivity index (χ4v) is 2.88. The zero-order valence-corrected chi connectivity index (χ0v) is 9.41. The Morgan fingerprint density at radius 2 is 2.27 bits per heavy atom. The van der Waals surface area contributed by atoms with E-state index in [9.17, 15) is 4.79 Å². The van der Waals surface area contributed by atoms with Gasteiger partial charge >= 0.3 is 0 Å². The van der Waals surface area contributed by atoms with Gasteiger partial charge in [0.1, 0.15) is 0 Å². The maximum Gasteiger partial charge on any atom is 0.222 e. The second-order valence-electron chi connectivity index (χ2n) is 4.89. The summed E-state index contributed by atoms with van der Waals surface area (Å²) in [5.41, 5.74) is 6.12. The summed E-state index contributed by atoms with van der Waals surface area (Å²) in [4.78, 5) is 13.3. The van der Waals surface area contributed by atoms with E-state index in [0.29, 0.717) is 18.3 Å². The first kappa shape index (κ1) is 10.9. The lowest BCUT2D eigenvalue weighted by molar-refractivity contribution is -0.134. The van der Waals surface area contributed by atoms with Crippen LogP contribution < -0.4 is 11.1 Å². The van der Waals surface area contributed by atoms with Gasteiger partial charge in [0.05, 0.1) is 0 Å². The number of nitrogens with zero attached hydrogens (tertiary/aromatic N) is 1. The molecule has 3 atom stereocenters. The minimum Gasteiger partial charge on any atom is -0.345 e. The number of nitrogens with one attached hydrogen (secondary N) is 1. The van der Waals surface area contributed by atoms with Crippen molar-refractivity contribution in [2.75, 3.05) is 26.7 Å². The number of hydrogen-bond donors (Lipinski definition) is 2. The summed E-state index contributed by atoms with van der Waals surface area (Å²) < 4.78 is 0. The average Bonchev–Trinajstić information content (AvgIpc) is 2.23. The second-order valence-corrected chi connectivity index (χ2v) is 4.89. The van der Waals surface area contributed by atoms with Gasteiger partial charge in [0.25, 0.3) is 0 Å². The van der Waals surface area contributed by atoms with Crippen molar-refractivity contribution in [1.29, 1.82) is 0 Å². The highest BCUT2D eigenvalue weighted by atomic mass is 16.2. The quantitative estimate of drug-likeness (QED) is 0.631. The largest absolute Gasteiger partial charge is 0.345 e. The van der Waals surface area contributed by atoms with Crippen molar-refractivity contribution >= 4 is 5.91 Å². The minimum atomic E-state index is 0.269. The zero-order valence-electron chi connectivity index (χ0n) is 9.41. The molecule has 0 radical (unpaired) electrons. The predicted octanol–water partition coefficient (Wildman–Crippen LogP) is -0.208. The number of nitrogens with two attached hydrogens (primary N) is 1. The first-order chi connectivity index (χ1) is 7.18. The highest BCUT2D eigenvalue weighted by Crippen LogP contribution is 2.29. The van der Waals surface area contributed by atoms with Crippen LogP contribution in [0.5, 0.6) is 0 Å². The van der Waals surface area contributed by atoms with Crippen molar-refractivity contribution in [1.82, 2.24) is 10.2 Å². The molecule has 0 aromatic carbocycles. The van der Waals surface area contributed by atoms with Gasteiger partial charge in [0, 0.05) is 32.6 Å². The molecular weight excluding hydrogens is 190 g/mol. The molecule has 2 fully saturated rings. The van der Waals surface area contributed by atoms with Gasteiger partial charge in [0.15, 0.2) is 0 Å². The van der Waals surface area contributed by atoms with E-state index < -0.39 is 0 Å². The normalized spacial score (nSPS) is 38.1. The van der Waals surface area contributed by atoms with Gasteiger partial charge in [-0.1, -0.05) is 0 Å². The summed E-state index contributed by atoms with van der Waals surface area (Å²) in [7, 11) is 1.90. The highest BCUT2D eigenvalue weighted by Gasteiger charge is 2.33. The van der Waals surface area contributed by atoms with Crippen molar-refractivity contribution < 1.29 is 4.79 Å². The maximum absolute atomic E-state index is 11.4. The van der Waals surface area contributed by atoms with E-state index in [2.05, 4.69) is 5.32 Å². The smallest absolute Gasteiger partial charge is 0.222 e. The van der Waals surface area contributed by atoms with E-state index in [1.54, 1.807) is 0 Å². The van der Waals surface area contributed by atoms with Gasteiger partial charge in [-0.2, -0.15) is 0 Å². The molecule has 0 bridgehead atoms. The molecule has 4 heteroatoms. The van der Waals surface area contributed by atoms with E-state index in [0.717, 1.165) is 32.5 Å². The van der Waals surface area contributed by atoms with Crippen LogP contribution >= 0.6 is 0 Å². The number of likely N-dealkylation sites (tertiary alicyclic amines) is 1. The highest BCUT2D eigenvalue weighted by molar-refractivity contribution is 5.76. The molecule has 15 heavy (non-hydrogen) atoms. The van der Waals surface area contributed by atoms with Crippen LogP contribution in [0.2, 0.25) is 0 Å². The monoisotopic (exact) mass is 211 g/mol. The second kappa shape index (κ2) is 4.49. The fraction of sp³-hybridized carbons (Fsp3) is 0.909. The number of amides is 1. The van der Waals surface area contributed by atoms with Gasteiger partial charge in [0.2, 0.25) is 5.91 Å². The standard InChI is InChI=1S/C11H21N3O/c1-14-7-8(2-3-11(14)15)9-4-5-13-6-10(9)12/h8-10,13H,2-7,12H2,1H3. The summed E-state index contributed by atoms with van der Waals surface area (Å²) in [5, 5.41) is 3.32. The van der Waals surface area contributed by atoms with E-state index in [1.165, 1.54) is 0 Å². The van der Waals surface area contributed by atoms with E-state index >= 15 is 0 Å². The third kappa shape index (κ3) is 2.32. The molecule has 86 valence electrons. The Bertz CT molecular complexity index is 244. The SMILES string of the molecule is CN1CC(C2CCNCC2N)CCC1=O. The van der Waals surface area contributed by atoms with Crippen LogP contribution in [0.3, 0.4) is 0 Å². The molecule has 3 N–H and O–H groups in total. The Labute approximate surface area is 91.2 Å². The lowest BCUT2D eigenvalue weighted by Crippen LogP contribution is -2.52. The van der Waals surface area contributed by atoms with Crippen LogP contribution in [0.15, 0.2) is 0 Å². The molecule has 0 spiro atoms. The first-order valence-corrected chi connectivity index (χ1v) is 5.88. The van der Waals surface area contributed by atoms with Gasteiger partial charge in [-0.25, -0.2) is 0 Å². The fourth-order valence-electron chi connectivity index (χ4n) is 2.88. The Balaban J connectivity index is 1.95. The molecule has 0 aromatic rings. The molecule has 3 unspecified atom stereocenters. The Kier molecular flexibility index (Phi) is 3.26. The lowest BCUT2D eigenvalue weighted by Gasteiger charge is -2.40. The number of piperidine rings is 2. The Morgan fingerprint density at radius 1 is 1.47 bits per heavy atom. The van der Waals surface area contributed by atoms with Crippen molar-refractivity contribution in [2.45, 2.75) is 25.3 Å². The van der Waals surface area contributed by atoms with Gasteiger partial charge in [-0.3, -0.25) is 4.79 Å². The molecule has 2 aliphatic rings. The minimum absolute atomic E-state index is 0.269. The van der Waals surface area contributed by atoms with Crippen molar-refractivity contribution in [3.63, 3.8) is 0 Å². The van der Waals surface area contributed by atoms with Gasteiger partial charge in [-0.15, -0.1) is 0 Å². The predicted molar refractivity (Wildman–Crippen MR) is 59.3 cm³/mol.